The Hall–Kier alpha value is -3.48. The summed E-state index contributed by atoms with van der Waals surface area (Å²) >= 11 is 12.4. The number of halogens is 2. The summed E-state index contributed by atoms with van der Waals surface area (Å²) in [6.07, 6.45) is 0.524. The normalized spacial score (nSPS) is 14.9. The fourth-order valence-electron chi connectivity index (χ4n) is 4.53. The fourth-order valence-corrected chi connectivity index (χ4v) is 4.90. The maximum Gasteiger partial charge on any atom is 0.290 e. The van der Waals surface area contributed by atoms with Gasteiger partial charge in [-0.2, -0.15) is 0 Å². The molecule has 0 N–H and O–H groups in total. The van der Waals surface area contributed by atoms with E-state index in [0.717, 1.165) is 11.1 Å². The number of rotatable bonds is 6. The van der Waals surface area contributed by atoms with Crippen molar-refractivity contribution in [3.8, 4) is 11.5 Å². The molecule has 1 aliphatic rings. The summed E-state index contributed by atoms with van der Waals surface area (Å²) in [5.74, 6) is 0.923. The molecule has 4 aromatic rings. The highest BCUT2D eigenvalue weighted by Crippen LogP contribution is 2.39. The van der Waals surface area contributed by atoms with Gasteiger partial charge in [0.15, 0.2) is 16.9 Å². The maximum atomic E-state index is 13.6. The summed E-state index contributed by atoms with van der Waals surface area (Å²) < 4.78 is 16.7. The molecule has 0 saturated carbocycles. The molecule has 0 spiro atoms. The molecule has 3 aromatic carbocycles. The number of amides is 1. The third kappa shape index (κ3) is 4.13. The van der Waals surface area contributed by atoms with E-state index in [4.69, 9.17) is 37.1 Å². The molecule has 1 aliphatic heterocycles. The highest BCUT2D eigenvalue weighted by molar-refractivity contribution is 6.31. The van der Waals surface area contributed by atoms with Crippen molar-refractivity contribution in [3.05, 3.63) is 103 Å². The molecule has 2 heterocycles. The second-order valence-electron chi connectivity index (χ2n) is 8.21. The molecular formula is C27H21Cl2NO5. The summed E-state index contributed by atoms with van der Waals surface area (Å²) in [7, 11) is 3.15. The zero-order valence-corrected chi connectivity index (χ0v) is 20.5. The Morgan fingerprint density at radius 2 is 1.69 bits per heavy atom. The third-order valence-corrected chi connectivity index (χ3v) is 6.65. The van der Waals surface area contributed by atoms with Gasteiger partial charge in [-0.25, -0.2) is 0 Å². The maximum absolute atomic E-state index is 13.6. The molecule has 0 radical (unpaired) electrons. The van der Waals surface area contributed by atoms with E-state index in [1.807, 2.05) is 24.3 Å². The number of ether oxygens (including phenoxy) is 2. The van der Waals surface area contributed by atoms with Gasteiger partial charge in [-0.15, -0.1) is 0 Å². The van der Waals surface area contributed by atoms with Gasteiger partial charge in [0.2, 0.25) is 5.76 Å². The zero-order valence-electron chi connectivity index (χ0n) is 19.0. The number of hydrogen-bond acceptors (Lipinski definition) is 5. The summed E-state index contributed by atoms with van der Waals surface area (Å²) in [6, 6.07) is 16.9. The lowest BCUT2D eigenvalue weighted by Gasteiger charge is -2.25. The molecule has 0 bridgehead atoms. The van der Waals surface area contributed by atoms with Crippen LogP contribution in [-0.2, 0) is 6.42 Å². The largest absolute Gasteiger partial charge is 0.493 e. The van der Waals surface area contributed by atoms with Crippen molar-refractivity contribution in [1.29, 1.82) is 0 Å². The average molecular weight is 510 g/mol. The summed E-state index contributed by atoms with van der Waals surface area (Å²) in [4.78, 5) is 28.8. The van der Waals surface area contributed by atoms with Gasteiger partial charge < -0.3 is 18.8 Å². The van der Waals surface area contributed by atoms with Gasteiger partial charge in [0, 0.05) is 16.6 Å². The quantitative estimate of drug-likeness (QED) is 0.323. The predicted molar refractivity (Wildman–Crippen MR) is 135 cm³/mol. The molecule has 0 aliphatic carbocycles. The molecular weight excluding hydrogens is 489 g/mol. The summed E-state index contributed by atoms with van der Waals surface area (Å²) in [6.45, 7) is 0.340. The van der Waals surface area contributed by atoms with Crippen molar-refractivity contribution in [2.45, 2.75) is 12.5 Å². The van der Waals surface area contributed by atoms with Gasteiger partial charge in [-0.05, 0) is 60.0 Å². The van der Waals surface area contributed by atoms with Gasteiger partial charge in [0.25, 0.3) is 5.91 Å². The summed E-state index contributed by atoms with van der Waals surface area (Å²) in [5, 5.41) is 1.26. The van der Waals surface area contributed by atoms with E-state index in [2.05, 4.69) is 0 Å². The van der Waals surface area contributed by atoms with E-state index in [1.54, 1.807) is 55.5 Å². The van der Waals surface area contributed by atoms with E-state index in [9.17, 15) is 9.59 Å². The number of carbonyl (C=O) groups is 1. The average Bonchev–Trinajstić information content (AvgIpc) is 3.14. The molecule has 1 atom stereocenters. The second-order valence-corrected chi connectivity index (χ2v) is 9.08. The Balaban J connectivity index is 1.59. The molecule has 178 valence electrons. The first kappa shape index (κ1) is 23.3. The van der Waals surface area contributed by atoms with E-state index in [0.29, 0.717) is 51.0 Å². The van der Waals surface area contributed by atoms with E-state index >= 15 is 0 Å². The standard InChI is InChI=1S/C27H21Cl2NO5/c1-33-21-8-6-15(12-22(21)34-2)10-11-30-24(16-4-3-5-17(28)13-16)23-25(31)19-14-18(29)7-9-20(19)35-26(23)27(30)32/h3-9,12-14,24H,10-11H2,1-2H3/t24-/m0/s1. The molecule has 0 saturated heterocycles. The second kappa shape index (κ2) is 9.29. The first-order chi connectivity index (χ1) is 16.9. The smallest absolute Gasteiger partial charge is 0.290 e. The lowest BCUT2D eigenvalue weighted by atomic mass is 9.98. The van der Waals surface area contributed by atoms with Crippen LogP contribution in [0, 0.1) is 0 Å². The van der Waals surface area contributed by atoms with Crippen molar-refractivity contribution in [2.75, 3.05) is 20.8 Å². The van der Waals surface area contributed by atoms with E-state index in [-0.39, 0.29) is 17.1 Å². The Morgan fingerprint density at radius 1 is 0.914 bits per heavy atom. The molecule has 5 rings (SSSR count). The fraction of sp³-hybridized carbons (Fsp3) is 0.185. The van der Waals surface area contributed by atoms with Crippen molar-refractivity contribution in [1.82, 2.24) is 4.90 Å². The van der Waals surface area contributed by atoms with Crippen molar-refractivity contribution < 1.29 is 18.7 Å². The Morgan fingerprint density at radius 3 is 2.43 bits per heavy atom. The third-order valence-electron chi connectivity index (χ3n) is 6.18. The molecule has 1 amide bonds. The van der Waals surface area contributed by atoms with Crippen LogP contribution in [0.3, 0.4) is 0 Å². The number of methoxy groups -OCH3 is 2. The highest BCUT2D eigenvalue weighted by atomic mass is 35.5. The molecule has 6 nitrogen and oxygen atoms in total. The highest BCUT2D eigenvalue weighted by Gasteiger charge is 2.42. The van der Waals surface area contributed by atoms with Crippen molar-refractivity contribution in [2.24, 2.45) is 0 Å². The van der Waals surface area contributed by atoms with Crippen molar-refractivity contribution in [3.63, 3.8) is 0 Å². The first-order valence-corrected chi connectivity index (χ1v) is 11.7. The van der Waals surface area contributed by atoms with Crippen LogP contribution in [0.5, 0.6) is 11.5 Å². The van der Waals surface area contributed by atoms with Crippen LogP contribution < -0.4 is 14.9 Å². The van der Waals surface area contributed by atoms with Gasteiger partial charge in [0.1, 0.15) is 5.58 Å². The topological polar surface area (TPSA) is 69.0 Å². The van der Waals surface area contributed by atoms with Gasteiger partial charge in [0.05, 0.1) is 31.2 Å². The van der Waals surface area contributed by atoms with Gasteiger partial charge in [-0.3, -0.25) is 9.59 Å². The monoisotopic (exact) mass is 509 g/mol. The van der Waals surface area contributed by atoms with E-state index in [1.165, 1.54) is 0 Å². The lowest BCUT2D eigenvalue weighted by molar-refractivity contribution is 0.0730. The number of benzene rings is 3. The predicted octanol–water partition coefficient (Wildman–Crippen LogP) is 5.90. The lowest BCUT2D eigenvalue weighted by Crippen LogP contribution is -2.31. The molecule has 8 heteroatoms. The number of carbonyl (C=O) groups excluding carboxylic acids is 1. The van der Waals surface area contributed by atoms with Crippen LogP contribution >= 0.6 is 23.2 Å². The zero-order chi connectivity index (χ0) is 24.7. The van der Waals surface area contributed by atoms with Crippen LogP contribution in [-0.4, -0.2) is 31.6 Å². The van der Waals surface area contributed by atoms with Crippen LogP contribution in [0.1, 0.15) is 33.3 Å². The number of fused-ring (bicyclic) bond motifs is 2. The Kier molecular flexibility index (Phi) is 6.17. The number of hydrogen-bond donors (Lipinski definition) is 0. The van der Waals surface area contributed by atoms with Crippen LogP contribution in [0.25, 0.3) is 11.0 Å². The molecule has 35 heavy (non-hydrogen) atoms. The summed E-state index contributed by atoms with van der Waals surface area (Å²) in [5.41, 5.74) is 2.01. The minimum absolute atomic E-state index is 0.0436. The van der Waals surface area contributed by atoms with Crippen molar-refractivity contribution >= 4 is 40.1 Å². The first-order valence-electron chi connectivity index (χ1n) is 10.9. The van der Waals surface area contributed by atoms with Crippen LogP contribution in [0.4, 0.5) is 0 Å². The Labute approximate surface area is 211 Å². The molecule has 0 fully saturated rings. The van der Waals surface area contributed by atoms with Gasteiger partial charge in [-0.1, -0.05) is 41.4 Å². The van der Waals surface area contributed by atoms with E-state index < -0.39 is 6.04 Å². The van der Waals surface area contributed by atoms with Crippen LogP contribution in [0.2, 0.25) is 10.0 Å². The molecule has 0 unspecified atom stereocenters. The minimum Gasteiger partial charge on any atom is -0.493 e. The SMILES string of the molecule is COc1ccc(CCN2C(=O)c3oc4ccc(Cl)cc4c(=O)c3[C@@H]2c2cccc(Cl)c2)cc1OC. The number of nitrogens with zero attached hydrogens (tertiary/aromatic N) is 1. The van der Waals surface area contributed by atoms with Gasteiger partial charge >= 0.3 is 0 Å². The minimum atomic E-state index is -0.643. The molecule has 1 aromatic heterocycles. The van der Waals surface area contributed by atoms with Crippen LogP contribution in [0.15, 0.2) is 69.9 Å². The Bertz CT molecular complexity index is 1510.